The molecule has 0 saturated heterocycles. The van der Waals surface area contributed by atoms with Crippen molar-refractivity contribution in [3.63, 3.8) is 0 Å². The highest BCUT2D eigenvalue weighted by Crippen LogP contribution is 2.51. The first-order valence-corrected chi connectivity index (χ1v) is 15.6. The molecule has 0 aliphatic heterocycles. The van der Waals surface area contributed by atoms with Gasteiger partial charge in [-0.1, -0.05) is 0 Å². The normalized spacial score (nSPS) is 13.1. The average molecular weight is 538 g/mol. The van der Waals surface area contributed by atoms with E-state index in [2.05, 4.69) is 103 Å². The predicted octanol–water partition coefficient (Wildman–Crippen LogP) is 7.88. The molecule has 0 radical (unpaired) electrons. The van der Waals surface area contributed by atoms with E-state index in [1.807, 2.05) is 6.07 Å². The van der Waals surface area contributed by atoms with E-state index in [9.17, 15) is 0 Å². The molecule has 0 aromatic heterocycles. The number of nitriles is 2. The quantitative estimate of drug-likeness (QED) is 0.155. The molecule has 0 bridgehead atoms. The van der Waals surface area contributed by atoms with Crippen molar-refractivity contribution in [1.29, 1.82) is 10.5 Å². The minimum absolute atomic E-state index is 0.362. The Morgan fingerprint density at radius 1 is 0.588 bits per heavy atom. The molecular weight excluding hydrogens is 488 g/mol. The van der Waals surface area contributed by atoms with Gasteiger partial charge in [-0.15, -0.1) is 0 Å². The second-order valence-corrected chi connectivity index (χ2v) is 13.4. The molecule has 0 N–H and O–H groups in total. The lowest BCUT2D eigenvalue weighted by molar-refractivity contribution is 0.189. The average Bonchev–Trinajstić information content (AvgIpc) is 2.67. The van der Waals surface area contributed by atoms with Crippen molar-refractivity contribution in [3.05, 3.63) is 0 Å². The first-order chi connectivity index (χ1) is 15.7. The molecular formula is C24H50ClN5O2P2. The molecule has 0 spiro atoms. The Morgan fingerprint density at radius 2 is 0.882 bits per heavy atom. The van der Waals surface area contributed by atoms with E-state index in [0.29, 0.717) is 62.3 Å². The van der Waals surface area contributed by atoms with Gasteiger partial charge in [0.15, 0.2) is 8.45 Å². The van der Waals surface area contributed by atoms with Gasteiger partial charge in [0.05, 0.1) is 38.2 Å². The van der Waals surface area contributed by atoms with Gasteiger partial charge in [0.1, 0.15) is 0 Å². The zero-order valence-corrected chi connectivity index (χ0v) is 26.2. The number of hydrogen-bond acceptors (Lipinski definition) is 7. The molecule has 10 heteroatoms. The topological polar surface area (TPSA) is 75.8 Å². The van der Waals surface area contributed by atoms with Crippen molar-refractivity contribution >= 4 is 27.3 Å². The summed E-state index contributed by atoms with van der Waals surface area (Å²) in [5.74, 6) is 0. The highest BCUT2D eigenvalue weighted by molar-refractivity contribution is 7.78. The van der Waals surface area contributed by atoms with E-state index in [1.165, 1.54) is 0 Å². The van der Waals surface area contributed by atoms with Crippen LogP contribution in [-0.4, -0.2) is 63.5 Å². The fourth-order valence-corrected chi connectivity index (χ4v) is 8.30. The maximum Gasteiger partial charge on any atom is 0.207 e. The van der Waals surface area contributed by atoms with Crippen LogP contribution in [0.1, 0.15) is 95.9 Å². The molecule has 0 amide bonds. The number of rotatable bonds is 15. The predicted molar refractivity (Wildman–Crippen MR) is 148 cm³/mol. The minimum Gasteiger partial charge on any atom is -0.330 e. The van der Waals surface area contributed by atoms with Crippen LogP contribution in [0.3, 0.4) is 0 Å². The Labute approximate surface area is 218 Å². The van der Waals surface area contributed by atoms with Crippen LogP contribution in [0.2, 0.25) is 0 Å². The Balaban J connectivity index is 0. The first-order valence-electron chi connectivity index (χ1n) is 12.3. The fraction of sp³-hybridized carbons (Fsp3) is 0.917. The van der Waals surface area contributed by atoms with E-state index in [1.54, 1.807) is 0 Å². The van der Waals surface area contributed by atoms with Crippen LogP contribution in [0.25, 0.3) is 0 Å². The van der Waals surface area contributed by atoms with Crippen LogP contribution in [0, 0.1) is 22.7 Å². The molecule has 0 rings (SSSR count). The van der Waals surface area contributed by atoms with Crippen LogP contribution < -0.4 is 0 Å². The molecule has 34 heavy (non-hydrogen) atoms. The molecule has 0 aliphatic rings. The van der Waals surface area contributed by atoms with Crippen molar-refractivity contribution in [2.24, 2.45) is 0 Å². The van der Waals surface area contributed by atoms with Gasteiger partial charge in [0.2, 0.25) is 7.65 Å². The van der Waals surface area contributed by atoms with Gasteiger partial charge in [-0.05, 0) is 94.3 Å². The van der Waals surface area contributed by atoms with Gasteiger partial charge in [0.25, 0.3) is 0 Å². The highest BCUT2D eigenvalue weighted by atomic mass is 35.7. The smallest absolute Gasteiger partial charge is 0.207 e. The van der Waals surface area contributed by atoms with Crippen LogP contribution in [-0.2, 0) is 9.05 Å². The maximum atomic E-state index is 8.74. The van der Waals surface area contributed by atoms with Gasteiger partial charge < -0.3 is 9.05 Å². The Morgan fingerprint density at radius 3 is 1.15 bits per heavy atom. The molecule has 1 unspecified atom stereocenters. The lowest BCUT2D eigenvalue weighted by Crippen LogP contribution is -2.43. The van der Waals surface area contributed by atoms with Crippen LogP contribution in [0.5, 0.6) is 0 Å². The second-order valence-electron chi connectivity index (χ2n) is 9.66. The van der Waals surface area contributed by atoms with Gasteiger partial charge in [-0.3, -0.25) is 0 Å². The van der Waals surface area contributed by atoms with E-state index < -0.39 is 16.1 Å². The summed E-state index contributed by atoms with van der Waals surface area (Å²) in [5.41, 5.74) is 0. The molecule has 0 saturated carbocycles. The summed E-state index contributed by atoms with van der Waals surface area (Å²) in [6.45, 7) is 27.0. The van der Waals surface area contributed by atoms with E-state index >= 15 is 0 Å². The van der Waals surface area contributed by atoms with Gasteiger partial charge in [-0.2, -0.15) is 10.5 Å². The molecule has 0 heterocycles. The van der Waals surface area contributed by atoms with Crippen molar-refractivity contribution in [3.8, 4) is 12.1 Å². The minimum atomic E-state index is -1.08. The molecule has 0 fully saturated rings. The van der Waals surface area contributed by atoms with E-state index in [0.717, 1.165) is 0 Å². The lowest BCUT2D eigenvalue weighted by Gasteiger charge is -2.45. The maximum absolute atomic E-state index is 8.74. The van der Waals surface area contributed by atoms with Gasteiger partial charge in [-0.25, -0.2) is 14.0 Å². The number of nitrogens with zero attached hydrogens (tertiary/aromatic N) is 5. The van der Waals surface area contributed by atoms with E-state index in [-0.39, 0.29) is 0 Å². The summed E-state index contributed by atoms with van der Waals surface area (Å²) >= 11 is 6.13. The van der Waals surface area contributed by atoms with Crippen molar-refractivity contribution in [2.45, 2.75) is 132 Å². The highest BCUT2D eigenvalue weighted by Gasteiger charge is 2.34. The zero-order chi connectivity index (χ0) is 27.0. The van der Waals surface area contributed by atoms with Crippen molar-refractivity contribution in [2.75, 3.05) is 13.2 Å². The van der Waals surface area contributed by atoms with Crippen molar-refractivity contribution in [1.82, 2.24) is 14.0 Å². The zero-order valence-electron chi connectivity index (χ0n) is 23.6. The first kappa shape index (κ1) is 36.1. The molecule has 0 aliphatic carbocycles. The third-order valence-electron chi connectivity index (χ3n) is 4.58. The Bertz CT molecular complexity index is 551. The van der Waals surface area contributed by atoms with Gasteiger partial charge in [0, 0.05) is 36.3 Å². The van der Waals surface area contributed by atoms with Crippen LogP contribution >= 0.6 is 27.3 Å². The summed E-state index contributed by atoms with van der Waals surface area (Å²) in [6, 6.07) is 6.60. The van der Waals surface area contributed by atoms with E-state index in [4.69, 9.17) is 30.8 Å². The number of hydrogen-bond donors (Lipinski definition) is 0. The fourth-order valence-electron chi connectivity index (χ4n) is 3.60. The third-order valence-corrected chi connectivity index (χ3v) is 10.1. The van der Waals surface area contributed by atoms with Crippen LogP contribution in [0.4, 0.5) is 0 Å². The molecule has 200 valence electrons. The van der Waals surface area contributed by atoms with Crippen molar-refractivity contribution < 1.29 is 9.05 Å². The second kappa shape index (κ2) is 20.0. The van der Waals surface area contributed by atoms with Crippen LogP contribution in [0.15, 0.2) is 0 Å². The Kier molecular flexibility index (Phi) is 21.3. The number of halogens is 1. The summed E-state index contributed by atoms with van der Waals surface area (Å²) in [5, 5.41) is 17.1. The molecule has 7 nitrogen and oxygen atoms in total. The Hall–Kier alpha value is -0.0700. The summed E-state index contributed by atoms with van der Waals surface area (Å²) in [7, 11) is -1.92. The molecule has 0 aromatic carbocycles. The largest absolute Gasteiger partial charge is 0.330 e. The standard InChI is InChI=1S/C15H32N3OP.C9H18ClN2OP/c1-12(2)17(13(3)4)20(19-11-9-10-16)18(14(5)6)15(7)8;1-8(2)12(9(3)4)14(10)13-7-5-6-11/h12-15H,9,11H2,1-8H3;8-9H,5,7H2,1-4H3. The monoisotopic (exact) mass is 537 g/mol. The summed E-state index contributed by atoms with van der Waals surface area (Å²) in [6.07, 6.45) is 0.850. The SMILES string of the molecule is CC(C)N(C(C)C)P(Cl)OCCC#N.CC(C)N(C(C)C)P(OCCC#N)N(C(C)C)C(C)C. The molecule has 1 atom stereocenters. The summed E-state index contributed by atoms with van der Waals surface area (Å²) < 4.78 is 18.5. The molecule has 0 aromatic rings. The van der Waals surface area contributed by atoms with Gasteiger partial charge >= 0.3 is 0 Å². The third kappa shape index (κ3) is 14.5. The lowest BCUT2D eigenvalue weighted by atomic mass is 10.3. The summed E-state index contributed by atoms with van der Waals surface area (Å²) in [4.78, 5) is 0.